The Labute approximate surface area is 75.4 Å². The van der Waals surface area contributed by atoms with Crippen LogP contribution in [0.3, 0.4) is 0 Å². The molecule has 69 valence electrons. The van der Waals surface area contributed by atoms with E-state index in [0.29, 0.717) is 5.56 Å². The van der Waals surface area contributed by atoms with E-state index >= 15 is 0 Å². The first-order valence-electron chi connectivity index (χ1n) is 3.66. The van der Waals surface area contributed by atoms with E-state index in [1.165, 1.54) is 0 Å². The standard InChI is InChI=1S/C9H9O4/c10-8(11)6-13-9(12)7-4-2-1-3-5-7/h1-5,10-11H,6H2. The Balaban J connectivity index is 2.50. The van der Waals surface area contributed by atoms with Crippen molar-refractivity contribution in [3.05, 3.63) is 42.2 Å². The van der Waals surface area contributed by atoms with E-state index in [1.54, 1.807) is 30.3 Å². The van der Waals surface area contributed by atoms with Crippen LogP contribution in [0.4, 0.5) is 0 Å². The normalized spacial score (nSPS) is 10.1. The van der Waals surface area contributed by atoms with Crippen LogP contribution >= 0.6 is 0 Å². The Morgan fingerprint density at radius 1 is 1.23 bits per heavy atom. The number of ether oxygens (including phenoxy) is 1. The fraction of sp³-hybridized carbons (Fsp3) is 0.111. The minimum Gasteiger partial charge on any atom is -0.456 e. The molecule has 0 spiro atoms. The van der Waals surface area contributed by atoms with Gasteiger partial charge >= 0.3 is 5.97 Å². The van der Waals surface area contributed by atoms with Gasteiger partial charge in [-0.2, -0.15) is 0 Å². The Kier molecular flexibility index (Phi) is 3.42. The van der Waals surface area contributed by atoms with Gasteiger partial charge in [0.15, 0.2) is 6.61 Å². The summed E-state index contributed by atoms with van der Waals surface area (Å²) in [5.74, 6) is -0.582. The summed E-state index contributed by atoms with van der Waals surface area (Å²) in [6.07, 6.45) is -0.913. The van der Waals surface area contributed by atoms with E-state index in [9.17, 15) is 4.79 Å². The average Bonchev–Trinajstić information content (AvgIpc) is 2.15. The minimum absolute atomic E-state index is 0.378. The topological polar surface area (TPSA) is 66.8 Å². The molecule has 0 fully saturated rings. The molecule has 0 aliphatic rings. The molecule has 0 unspecified atom stereocenters. The summed E-state index contributed by atoms with van der Waals surface area (Å²) < 4.78 is 4.51. The van der Waals surface area contributed by atoms with Crippen LogP contribution in [0.5, 0.6) is 0 Å². The first-order valence-corrected chi connectivity index (χ1v) is 3.66. The maximum atomic E-state index is 11.1. The molecule has 0 heterocycles. The van der Waals surface area contributed by atoms with Gasteiger partial charge in [-0.1, -0.05) is 18.2 Å². The maximum Gasteiger partial charge on any atom is 0.338 e. The van der Waals surface area contributed by atoms with Gasteiger partial charge in [0.1, 0.15) is 0 Å². The first kappa shape index (κ1) is 9.70. The summed E-state index contributed by atoms with van der Waals surface area (Å²) in [7, 11) is 0. The molecule has 1 rings (SSSR count). The van der Waals surface area contributed by atoms with Gasteiger partial charge in [0.25, 0.3) is 6.29 Å². The Morgan fingerprint density at radius 3 is 2.38 bits per heavy atom. The number of esters is 1. The van der Waals surface area contributed by atoms with Gasteiger partial charge < -0.3 is 14.9 Å². The predicted octanol–water partition coefficient (Wildman–Crippen LogP) is 1.08. The molecular formula is C9H9O4. The summed E-state index contributed by atoms with van der Waals surface area (Å²) in [6.45, 7) is -0.492. The minimum atomic E-state index is -0.913. The molecule has 0 bridgehead atoms. The quantitative estimate of drug-likeness (QED) is 0.684. The zero-order valence-corrected chi connectivity index (χ0v) is 6.80. The van der Waals surface area contributed by atoms with Crippen LogP contribution < -0.4 is 0 Å². The van der Waals surface area contributed by atoms with Crippen LogP contribution in [-0.4, -0.2) is 22.8 Å². The maximum absolute atomic E-state index is 11.1. The third kappa shape index (κ3) is 3.23. The van der Waals surface area contributed by atoms with Crippen LogP contribution in [0.1, 0.15) is 10.4 Å². The molecule has 2 N–H and O–H groups in total. The second kappa shape index (κ2) is 4.59. The van der Waals surface area contributed by atoms with Gasteiger partial charge in [0.2, 0.25) is 0 Å². The number of rotatable bonds is 3. The van der Waals surface area contributed by atoms with Gasteiger partial charge in [-0.25, -0.2) is 4.79 Å². The molecule has 1 radical (unpaired) electrons. The predicted molar refractivity (Wildman–Crippen MR) is 43.8 cm³/mol. The largest absolute Gasteiger partial charge is 0.456 e. The van der Waals surface area contributed by atoms with Gasteiger partial charge in [-0.3, -0.25) is 0 Å². The molecule has 0 amide bonds. The summed E-state index contributed by atoms with van der Waals surface area (Å²) >= 11 is 0. The Bertz CT molecular complexity index is 268. The molecule has 0 aliphatic heterocycles. The first-order chi connectivity index (χ1) is 6.20. The molecule has 1 aromatic carbocycles. The summed E-state index contributed by atoms with van der Waals surface area (Å²) in [5.41, 5.74) is 0.378. The van der Waals surface area contributed by atoms with Gasteiger partial charge in [0.05, 0.1) is 5.56 Å². The van der Waals surface area contributed by atoms with E-state index < -0.39 is 18.9 Å². The van der Waals surface area contributed by atoms with Gasteiger partial charge in [-0.05, 0) is 12.1 Å². The van der Waals surface area contributed by atoms with E-state index in [2.05, 4.69) is 4.74 Å². The molecule has 4 nitrogen and oxygen atoms in total. The molecule has 13 heavy (non-hydrogen) atoms. The van der Waals surface area contributed by atoms with Crippen molar-refractivity contribution in [1.29, 1.82) is 0 Å². The van der Waals surface area contributed by atoms with E-state index in [0.717, 1.165) is 0 Å². The van der Waals surface area contributed by atoms with Crippen LogP contribution in [0.2, 0.25) is 0 Å². The van der Waals surface area contributed by atoms with Crippen LogP contribution in [0.25, 0.3) is 0 Å². The van der Waals surface area contributed by atoms with Crippen molar-refractivity contribution in [1.82, 2.24) is 0 Å². The average molecular weight is 181 g/mol. The highest BCUT2D eigenvalue weighted by molar-refractivity contribution is 5.89. The van der Waals surface area contributed by atoms with E-state index in [1.807, 2.05) is 0 Å². The fourth-order valence-electron chi connectivity index (χ4n) is 0.788. The van der Waals surface area contributed by atoms with Crippen molar-refractivity contribution in [2.45, 2.75) is 0 Å². The monoisotopic (exact) mass is 181 g/mol. The van der Waals surface area contributed by atoms with Crippen molar-refractivity contribution in [3.8, 4) is 0 Å². The van der Waals surface area contributed by atoms with Crippen LogP contribution in [0.15, 0.2) is 30.3 Å². The Morgan fingerprint density at radius 2 is 1.85 bits per heavy atom. The molecule has 1 aromatic rings. The zero-order chi connectivity index (χ0) is 9.68. The summed E-state index contributed by atoms with van der Waals surface area (Å²) in [6, 6.07) is 8.32. The highest BCUT2D eigenvalue weighted by Gasteiger charge is 2.08. The zero-order valence-electron chi connectivity index (χ0n) is 6.80. The molecule has 4 heteroatoms. The second-order valence-electron chi connectivity index (χ2n) is 2.36. The number of hydrogen-bond donors (Lipinski definition) is 2. The van der Waals surface area contributed by atoms with Crippen LogP contribution in [-0.2, 0) is 4.74 Å². The molecule has 0 atom stereocenters. The smallest absolute Gasteiger partial charge is 0.338 e. The third-order valence-corrected chi connectivity index (χ3v) is 1.34. The molecule has 0 saturated carbocycles. The number of aliphatic hydroxyl groups excluding tert-OH is 1. The second-order valence-corrected chi connectivity index (χ2v) is 2.36. The van der Waals surface area contributed by atoms with Gasteiger partial charge in [-0.15, -0.1) is 0 Å². The van der Waals surface area contributed by atoms with Crippen molar-refractivity contribution >= 4 is 5.97 Å². The van der Waals surface area contributed by atoms with E-state index in [-0.39, 0.29) is 0 Å². The highest BCUT2D eigenvalue weighted by atomic mass is 16.6. The van der Waals surface area contributed by atoms with Crippen molar-refractivity contribution in [2.24, 2.45) is 0 Å². The Hall–Kier alpha value is -1.39. The van der Waals surface area contributed by atoms with E-state index in [4.69, 9.17) is 10.2 Å². The number of carbonyl (C=O) groups is 1. The fourth-order valence-corrected chi connectivity index (χ4v) is 0.788. The third-order valence-electron chi connectivity index (χ3n) is 1.34. The van der Waals surface area contributed by atoms with Crippen LogP contribution in [0, 0.1) is 6.29 Å². The highest BCUT2D eigenvalue weighted by Crippen LogP contribution is 2.01. The summed E-state index contributed by atoms with van der Waals surface area (Å²) in [5, 5.41) is 16.7. The van der Waals surface area contributed by atoms with Gasteiger partial charge in [0, 0.05) is 0 Å². The number of aliphatic hydroxyl groups is 2. The lowest BCUT2D eigenvalue weighted by Gasteiger charge is -2.03. The molecular weight excluding hydrogens is 172 g/mol. The number of benzene rings is 1. The lowest BCUT2D eigenvalue weighted by Crippen LogP contribution is -2.11. The van der Waals surface area contributed by atoms with Crippen molar-refractivity contribution < 1.29 is 19.7 Å². The van der Waals surface area contributed by atoms with Crippen molar-refractivity contribution in [2.75, 3.05) is 6.61 Å². The SMILES string of the molecule is O=C(OC[C](O)O)c1ccccc1. The number of carbonyl (C=O) groups excluding carboxylic acids is 1. The number of hydrogen-bond acceptors (Lipinski definition) is 4. The lowest BCUT2D eigenvalue weighted by molar-refractivity contribution is 0.00318. The molecule has 0 saturated heterocycles. The molecule has 0 aromatic heterocycles. The molecule has 0 aliphatic carbocycles. The lowest BCUT2D eigenvalue weighted by atomic mass is 10.2. The summed E-state index contributed by atoms with van der Waals surface area (Å²) in [4.78, 5) is 11.1. The van der Waals surface area contributed by atoms with Crippen molar-refractivity contribution in [3.63, 3.8) is 0 Å².